The summed E-state index contributed by atoms with van der Waals surface area (Å²) in [6.07, 6.45) is 1.02. The van der Waals surface area contributed by atoms with Crippen LogP contribution >= 0.6 is 11.3 Å². The van der Waals surface area contributed by atoms with E-state index in [9.17, 15) is 0 Å². The molecule has 0 fully saturated rings. The topological polar surface area (TPSA) is 39.7 Å². The first kappa shape index (κ1) is 19.5. The molecule has 0 saturated heterocycles. The molecular weight excluding hydrogens is 328 g/mol. The summed E-state index contributed by atoms with van der Waals surface area (Å²) in [7, 11) is 3.98. The maximum Gasteiger partial charge on any atom is 0.191 e. The zero-order valence-electron chi connectivity index (χ0n) is 15.7. The zero-order chi connectivity index (χ0) is 18.1. The molecule has 25 heavy (non-hydrogen) atoms. The van der Waals surface area contributed by atoms with Gasteiger partial charge in [-0.15, -0.1) is 11.3 Å². The minimum atomic E-state index is 0.535. The molecule has 2 rings (SSSR count). The van der Waals surface area contributed by atoms with Crippen molar-refractivity contribution in [2.75, 3.05) is 20.6 Å². The lowest BCUT2D eigenvalue weighted by Gasteiger charge is -2.23. The molecule has 5 heteroatoms. The lowest BCUT2D eigenvalue weighted by atomic mass is 10.1. The van der Waals surface area contributed by atoms with Gasteiger partial charge in [-0.3, -0.25) is 9.89 Å². The van der Waals surface area contributed by atoms with Crippen molar-refractivity contribution in [3.05, 3.63) is 57.8 Å². The summed E-state index contributed by atoms with van der Waals surface area (Å²) in [5, 5.41) is 8.94. The average Bonchev–Trinajstić information content (AvgIpc) is 3.12. The van der Waals surface area contributed by atoms with Crippen LogP contribution in [0.15, 0.2) is 46.8 Å². The molecule has 0 spiro atoms. The molecule has 2 N–H and O–H groups in total. The van der Waals surface area contributed by atoms with Gasteiger partial charge < -0.3 is 10.6 Å². The molecular formula is C20H30N4S. The van der Waals surface area contributed by atoms with Crippen LogP contribution in [0.5, 0.6) is 0 Å². The molecule has 0 atom stereocenters. The summed E-state index contributed by atoms with van der Waals surface area (Å²) in [6, 6.07) is 13.4. The highest BCUT2D eigenvalue weighted by Crippen LogP contribution is 2.12. The van der Waals surface area contributed by atoms with Crippen molar-refractivity contribution in [3.63, 3.8) is 0 Å². The van der Waals surface area contributed by atoms with Crippen LogP contribution in [0, 0.1) is 0 Å². The Labute approximate surface area is 156 Å². The number of hydrogen-bond acceptors (Lipinski definition) is 3. The second-order valence-electron chi connectivity index (χ2n) is 6.46. The Kier molecular flexibility index (Phi) is 7.95. The molecule has 1 aromatic carbocycles. The molecule has 2 aromatic rings. The highest BCUT2D eigenvalue weighted by molar-refractivity contribution is 7.09. The Hall–Kier alpha value is -1.85. The van der Waals surface area contributed by atoms with Gasteiger partial charge in [-0.2, -0.15) is 0 Å². The van der Waals surface area contributed by atoms with Crippen molar-refractivity contribution >= 4 is 17.3 Å². The van der Waals surface area contributed by atoms with Crippen LogP contribution in [0.3, 0.4) is 0 Å². The number of thiophene rings is 1. The highest BCUT2D eigenvalue weighted by atomic mass is 32.1. The molecule has 0 unspecified atom stereocenters. The zero-order valence-corrected chi connectivity index (χ0v) is 16.6. The van der Waals surface area contributed by atoms with E-state index in [1.54, 1.807) is 11.3 Å². The summed E-state index contributed by atoms with van der Waals surface area (Å²) >= 11 is 1.80. The lowest BCUT2D eigenvalue weighted by molar-refractivity contribution is 0.265. The Morgan fingerprint density at radius 1 is 1.12 bits per heavy atom. The molecule has 1 aromatic heterocycles. The largest absolute Gasteiger partial charge is 0.356 e. The van der Waals surface area contributed by atoms with Crippen molar-refractivity contribution in [2.24, 2.45) is 4.99 Å². The maximum atomic E-state index is 4.33. The maximum absolute atomic E-state index is 4.33. The van der Waals surface area contributed by atoms with Crippen LogP contribution in [-0.2, 0) is 19.5 Å². The minimum Gasteiger partial charge on any atom is -0.356 e. The van der Waals surface area contributed by atoms with E-state index >= 15 is 0 Å². The van der Waals surface area contributed by atoms with Crippen LogP contribution < -0.4 is 10.6 Å². The summed E-state index contributed by atoms with van der Waals surface area (Å²) in [5.41, 5.74) is 2.68. The van der Waals surface area contributed by atoms with E-state index in [1.807, 2.05) is 7.05 Å². The van der Waals surface area contributed by atoms with Crippen molar-refractivity contribution in [3.8, 4) is 0 Å². The second kappa shape index (κ2) is 10.2. The first-order chi connectivity index (χ1) is 12.1. The van der Waals surface area contributed by atoms with Gasteiger partial charge in [0.2, 0.25) is 0 Å². The van der Waals surface area contributed by atoms with Crippen LogP contribution in [0.25, 0.3) is 0 Å². The lowest BCUT2D eigenvalue weighted by Crippen LogP contribution is -2.38. The normalized spacial score (nSPS) is 12.0. The molecule has 0 saturated carbocycles. The molecule has 0 aliphatic carbocycles. The van der Waals surface area contributed by atoms with E-state index in [2.05, 4.69) is 83.2 Å². The standard InChI is InChI=1S/C20H30N4S/c1-16(2)24(4)15-18-9-6-5-8-17(18)14-23-20(21-3)22-12-11-19-10-7-13-25-19/h5-10,13,16H,11-12,14-15H2,1-4H3,(H2,21,22,23). The number of aliphatic imine (C=N–C) groups is 1. The molecule has 0 amide bonds. The highest BCUT2D eigenvalue weighted by Gasteiger charge is 2.08. The summed E-state index contributed by atoms with van der Waals surface area (Å²) < 4.78 is 0. The number of rotatable bonds is 8. The van der Waals surface area contributed by atoms with Crippen molar-refractivity contribution in [2.45, 2.75) is 39.4 Å². The van der Waals surface area contributed by atoms with Gasteiger partial charge in [-0.25, -0.2) is 0 Å². The Morgan fingerprint density at radius 2 is 1.88 bits per heavy atom. The van der Waals surface area contributed by atoms with E-state index < -0.39 is 0 Å². The smallest absolute Gasteiger partial charge is 0.191 e. The van der Waals surface area contributed by atoms with E-state index in [0.717, 1.165) is 32.0 Å². The number of nitrogens with one attached hydrogen (secondary N) is 2. The summed E-state index contributed by atoms with van der Waals surface area (Å²) in [5.74, 6) is 0.851. The Morgan fingerprint density at radius 3 is 2.52 bits per heavy atom. The number of guanidine groups is 1. The quantitative estimate of drug-likeness (QED) is 0.560. The van der Waals surface area contributed by atoms with E-state index in [4.69, 9.17) is 0 Å². The number of nitrogens with zero attached hydrogens (tertiary/aromatic N) is 2. The molecule has 1 heterocycles. The Balaban J connectivity index is 1.86. The summed E-state index contributed by atoms with van der Waals surface area (Å²) in [6.45, 7) is 7.07. The molecule has 0 radical (unpaired) electrons. The van der Waals surface area contributed by atoms with Crippen LogP contribution in [0.1, 0.15) is 29.9 Å². The van der Waals surface area contributed by atoms with Gasteiger partial charge in [0, 0.05) is 37.6 Å². The van der Waals surface area contributed by atoms with Crippen LogP contribution in [-0.4, -0.2) is 37.5 Å². The summed E-state index contributed by atoms with van der Waals surface area (Å²) in [4.78, 5) is 8.08. The van der Waals surface area contributed by atoms with Crippen LogP contribution in [0.4, 0.5) is 0 Å². The predicted octanol–water partition coefficient (Wildman–Crippen LogP) is 3.50. The van der Waals surface area contributed by atoms with Gasteiger partial charge in [0.1, 0.15) is 0 Å². The second-order valence-corrected chi connectivity index (χ2v) is 7.49. The van der Waals surface area contributed by atoms with E-state index in [1.165, 1.54) is 16.0 Å². The third-order valence-electron chi connectivity index (χ3n) is 4.33. The first-order valence-electron chi connectivity index (χ1n) is 8.84. The fourth-order valence-electron chi connectivity index (χ4n) is 2.49. The van der Waals surface area contributed by atoms with Gasteiger partial charge in [-0.05, 0) is 49.9 Å². The van der Waals surface area contributed by atoms with Gasteiger partial charge in [0.05, 0.1) is 0 Å². The number of benzene rings is 1. The molecule has 0 bridgehead atoms. The average molecular weight is 359 g/mol. The van der Waals surface area contributed by atoms with E-state index in [-0.39, 0.29) is 0 Å². The molecule has 4 nitrogen and oxygen atoms in total. The van der Waals surface area contributed by atoms with Crippen molar-refractivity contribution in [1.29, 1.82) is 0 Å². The molecule has 0 aliphatic rings. The first-order valence-corrected chi connectivity index (χ1v) is 9.72. The fraction of sp³-hybridized carbons (Fsp3) is 0.450. The third kappa shape index (κ3) is 6.52. The monoisotopic (exact) mass is 358 g/mol. The van der Waals surface area contributed by atoms with Crippen molar-refractivity contribution < 1.29 is 0 Å². The molecule has 0 aliphatic heterocycles. The fourth-order valence-corrected chi connectivity index (χ4v) is 3.20. The Bertz CT molecular complexity index is 649. The van der Waals surface area contributed by atoms with E-state index in [0.29, 0.717) is 6.04 Å². The predicted molar refractivity (Wildman–Crippen MR) is 109 cm³/mol. The SMILES string of the molecule is CN=C(NCCc1cccs1)NCc1ccccc1CN(C)C(C)C. The van der Waals surface area contributed by atoms with Gasteiger partial charge in [0.25, 0.3) is 0 Å². The van der Waals surface area contributed by atoms with Gasteiger partial charge >= 0.3 is 0 Å². The minimum absolute atomic E-state index is 0.535. The molecule has 136 valence electrons. The van der Waals surface area contributed by atoms with Gasteiger partial charge in [0.15, 0.2) is 5.96 Å². The third-order valence-corrected chi connectivity index (χ3v) is 5.27. The van der Waals surface area contributed by atoms with Gasteiger partial charge in [-0.1, -0.05) is 30.3 Å². The van der Waals surface area contributed by atoms with Crippen molar-refractivity contribution in [1.82, 2.24) is 15.5 Å². The number of hydrogen-bond donors (Lipinski definition) is 2. The van der Waals surface area contributed by atoms with Crippen LogP contribution in [0.2, 0.25) is 0 Å².